The van der Waals surface area contributed by atoms with Crippen LogP contribution in [0.3, 0.4) is 0 Å². The van der Waals surface area contributed by atoms with E-state index in [9.17, 15) is 4.79 Å². The number of carbonyl (C=O) groups is 1. The third kappa shape index (κ3) is 2.39. The number of hydrogen-bond acceptors (Lipinski definition) is 6. The summed E-state index contributed by atoms with van der Waals surface area (Å²) in [6.45, 7) is 0.222. The maximum atomic E-state index is 11.7. The minimum atomic E-state index is -0.431. The molecular formula is C12H14N4O2S. The monoisotopic (exact) mass is 278 g/mol. The molecule has 6 nitrogen and oxygen atoms in total. The first-order valence-electron chi connectivity index (χ1n) is 6.11. The maximum absolute atomic E-state index is 11.7. The van der Waals surface area contributed by atoms with Crippen LogP contribution in [0.25, 0.3) is 0 Å². The summed E-state index contributed by atoms with van der Waals surface area (Å²) in [5.41, 5.74) is 5.67. The number of thiophene rings is 1. The predicted octanol–water partition coefficient (Wildman–Crippen LogP) is 1.40. The summed E-state index contributed by atoms with van der Waals surface area (Å²) in [5.74, 6) is 0.789. The van der Waals surface area contributed by atoms with Gasteiger partial charge in [0.25, 0.3) is 5.91 Å². The lowest BCUT2D eigenvalue weighted by Gasteiger charge is -2.34. The van der Waals surface area contributed by atoms with Crippen LogP contribution in [-0.4, -0.2) is 16.0 Å². The summed E-state index contributed by atoms with van der Waals surface area (Å²) in [6, 6.07) is 3.60. The van der Waals surface area contributed by atoms with Crippen molar-refractivity contribution in [3.63, 3.8) is 0 Å². The average Bonchev–Trinajstić information content (AvgIpc) is 3.04. The van der Waals surface area contributed by atoms with Gasteiger partial charge < -0.3 is 15.6 Å². The van der Waals surface area contributed by atoms with Crippen LogP contribution in [0.15, 0.2) is 22.0 Å². The van der Waals surface area contributed by atoms with Crippen molar-refractivity contribution in [2.45, 2.75) is 31.3 Å². The lowest BCUT2D eigenvalue weighted by atomic mass is 9.77. The molecule has 1 saturated carbocycles. The molecule has 0 aromatic carbocycles. The van der Waals surface area contributed by atoms with Crippen LogP contribution in [0.1, 0.15) is 40.6 Å². The molecule has 2 heterocycles. The predicted molar refractivity (Wildman–Crippen MR) is 69.5 cm³/mol. The van der Waals surface area contributed by atoms with Gasteiger partial charge in [-0.25, -0.2) is 0 Å². The number of aromatic nitrogens is 2. The zero-order valence-corrected chi connectivity index (χ0v) is 11.1. The van der Waals surface area contributed by atoms with Gasteiger partial charge in [-0.05, 0) is 30.7 Å². The van der Waals surface area contributed by atoms with E-state index in [0.29, 0.717) is 16.6 Å². The van der Waals surface area contributed by atoms with Gasteiger partial charge in [-0.1, -0.05) is 11.2 Å². The second kappa shape index (κ2) is 4.75. The molecule has 1 aliphatic carbocycles. The van der Waals surface area contributed by atoms with E-state index in [1.165, 1.54) is 11.3 Å². The van der Waals surface area contributed by atoms with E-state index in [1.807, 2.05) is 11.4 Å². The Morgan fingerprint density at radius 1 is 1.58 bits per heavy atom. The molecule has 3 rings (SSSR count). The number of amides is 1. The van der Waals surface area contributed by atoms with Crippen molar-refractivity contribution in [1.29, 1.82) is 0 Å². The van der Waals surface area contributed by atoms with Crippen molar-refractivity contribution in [3.05, 3.63) is 34.1 Å². The van der Waals surface area contributed by atoms with Crippen LogP contribution >= 0.6 is 11.3 Å². The standard InChI is InChI=1S/C12H14N4O2S/c13-12(4-2-5-12)11-15-9(18-16-11)7-14-10(17)8-3-1-6-19-8/h1,3,6H,2,4-5,7,13H2,(H,14,17). The number of hydrogen-bond donors (Lipinski definition) is 2. The topological polar surface area (TPSA) is 94.0 Å². The summed E-state index contributed by atoms with van der Waals surface area (Å²) in [5, 5.41) is 8.48. The molecule has 0 spiro atoms. The molecule has 1 fully saturated rings. The molecule has 19 heavy (non-hydrogen) atoms. The van der Waals surface area contributed by atoms with Crippen molar-refractivity contribution < 1.29 is 9.32 Å². The van der Waals surface area contributed by atoms with Gasteiger partial charge in [0.15, 0.2) is 5.82 Å². The maximum Gasteiger partial charge on any atom is 0.261 e. The van der Waals surface area contributed by atoms with E-state index in [0.717, 1.165) is 19.3 Å². The zero-order chi connectivity index (χ0) is 13.3. The van der Waals surface area contributed by atoms with E-state index in [2.05, 4.69) is 15.5 Å². The minimum Gasteiger partial charge on any atom is -0.342 e. The van der Waals surface area contributed by atoms with Crippen molar-refractivity contribution in [2.24, 2.45) is 5.73 Å². The van der Waals surface area contributed by atoms with Crippen LogP contribution in [0.2, 0.25) is 0 Å². The highest BCUT2D eigenvalue weighted by atomic mass is 32.1. The second-order valence-corrected chi connectivity index (χ2v) is 5.63. The van der Waals surface area contributed by atoms with Crippen LogP contribution in [0, 0.1) is 0 Å². The quantitative estimate of drug-likeness (QED) is 0.881. The minimum absolute atomic E-state index is 0.138. The lowest BCUT2D eigenvalue weighted by molar-refractivity contribution is 0.0950. The van der Waals surface area contributed by atoms with Crippen molar-refractivity contribution in [1.82, 2.24) is 15.5 Å². The third-order valence-corrected chi connectivity index (χ3v) is 4.17. The Morgan fingerprint density at radius 2 is 2.42 bits per heavy atom. The fourth-order valence-corrected chi connectivity index (χ4v) is 2.60. The fourth-order valence-electron chi connectivity index (χ4n) is 1.96. The van der Waals surface area contributed by atoms with Gasteiger partial charge in [-0.3, -0.25) is 4.79 Å². The molecule has 0 radical (unpaired) electrons. The zero-order valence-electron chi connectivity index (χ0n) is 10.3. The van der Waals surface area contributed by atoms with Crippen LogP contribution in [0.4, 0.5) is 0 Å². The highest BCUT2D eigenvalue weighted by molar-refractivity contribution is 7.12. The normalized spacial score (nSPS) is 16.9. The molecule has 1 amide bonds. The molecule has 0 bridgehead atoms. The Bertz CT molecular complexity index is 574. The number of carbonyl (C=O) groups excluding carboxylic acids is 1. The summed E-state index contributed by atoms with van der Waals surface area (Å²) < 4.78 is 5.10. The molecular weight excluding hydrogens is 264 g/mol. The molecule has 0 saturated heterocycles. The van der Waals surface area contributed by atoms with E-state index in [1.54, 1.807) is 6.07 Å². The first kappa shape index (κ1) is 12.3. The molecule has 0 unspecified atom stereocenters. The largest absolute Gasteiger partial charge is 0.342 e. The number of nitrogens with zero attached hydrogens (tertiary/aromatic N) is 2. The number of nitrogens with one attached hydrogen (secondary N) is 1. The van der Waals surface area contributed by atoms with Gasteiger partial charge in [-0.15, -0.1) is 11.3 Å². The fraction of sp³-hybridized carbons (Fsp3) is 0.417. The Balaban J connectivity index is 1.60. The molecule has 1 aliphatic rings. The van der Waals surface area contributed by atoms with Crippen molar-refractivity contribution >= 4 is 17.2 Å². The van der Waals surface area contributed by atoms with E-state index < -0.39 is 5.54 Å². The molecule has 100 valence electrons. The van der Waals surface area contributed by atoms with Gasteiger partial charge in [-0.2, -0.15) is 4.98 Å². The Hall–Kier alpha value is -1.73. The van der Waals surface area contributed by atoms with Gasteiger partial charge in [0, 0.05) is 0 Å². The van der Waals surface area contributed by atoms with Crippen molar-refractivity contribution in [2.75, 3.05) is 0 Å². The van der Waals surface area contributed by atoms with Crippen LogP contribution in [0.5, 0.6) is 0 Å². The first-order valence-corrected chi connectivity index (χ1v) is 6.99. The second-order valence-electron chi connectivity index (χ2n) is 4.68. The highest BCUT2D eigenvalue weighted by Gasteiger charge is 2.38. The third-order valence-electron chi connectivity index (χ3n) is 3.30. The van der Waals surface area contributed by atoms with Crippen LogP contribution < -0.4 is 11.1 Å². The van der Waals surface area contributed by atoms with E-state index in [4.69, 9.17) is 10.3 Å². The molecule has 7 heteroatoms. The average molecular weight is 278 g/mol. The summed E-state index contributed by atoms with van der Waals surface area (Å²) in [4.78, 5) is 16.6. The Labute approximate surface area is 114 Å². The lowest BCUT2D eigenvalue weighted by Crippen LogP contribution is -2.44. The van der Waals surface area contributed by atoms with Gasteiger partial charge in [0.1, 0.15) is 0 Å². The van der Waals surface area contributed by atoms with E-state index in [-0.39, 0.29) is 12.5 Å². The van der Waals surface area contributed by atoms with Crippen molar-refractivity contribution in [3.8, 4) is 0 Å². The van der Waals surface area contributed by atoms with Crippen LogP contribution in [-0.2, 0) is 12.1 Å². The number of rotatable bonds is 4. The molecule has 0 aliphatic heterocycles. The molecule has 2 aromatic heterocycles. The smallest absolute Gasteiger partial charge is 0.261 e. The Kier molecular flexibility index (Phi) is 3.08. The molecule has 3 N–H and O–H groups in total. The SMILES string of the molecule is NC1(c2noc(CNC(=O)c3cccs3)n2)CCC1. The number of nitrogens with two attached hydrogens (primary N) is 1. The summed E-state index contributed by atoms with van der Waals surface area (Å²) in [6.07, 6.45) is 2.86. The highest BCUT2D eigenvalue weighted by Crippen LogP contribution is 2.36. The molecule has 2 aromatic rings. The van der Waals surface area contributed by atoms with Gasteiger partial charge >= 0.3 is 0 Å². The van der Waals surface area contributed by atoms with Gasteiger partial charge in [0.05, 0.1) is 17.0 Å². The molecule has 0 atom stereocenters. The van der Waals surface area contributed by atoms with Gasteiger partial charge in [0.2, 0.25) is 5.89 Å². The summed E-state index contributed by atoms with van der Waals surface area (Å²) >= 11 is 1.39. The summed E-state index contributed by atoms with van der Waals surface area (Å²) in [7, 11) is 0. The first-order chi connectivity index (χ1) is 9.17. The van der Waals surface area contributed by atoms with E-state index >= 15 is 0 Å². The Morgan fingerprint density at radius 3 is 3.05 bits per heavy atom.